The number of nitrogens with zero attached hydrogens (tertiary/aromatic N) is 1. The molecule has 0 radical (unpaired) electrons. The van der Waals surface area contributed by atoms with Crippen molar-refractivity contribution in [3.8, 4) is 5.75 Å². The zero-order chi connectivity index (χ0) is 16.9. The fraction of sp³-hybridized carbons (Fsp3) is 0.158. The highest BCUT2D eigenvalue weighted by atomic mass is 32.1. The van der Waals surface area contributed by atoms with E-state index < -0.39 is 0 Å². The summed E-state index contributed by atoms with van der Waals surface area (Å²) in [6, 6.07) is 16.1. The molecule has 0 bridgehead atoms. The number of nitrogens with one attached hydrogen (secondary N) is 2. The Morgan fingerprint density at radius 1 is 1.17 bits per heavy atom. The second-order valence-corrected chi connectivity index (χ2v) is 5.92. The molecule has 0 aliphatic rings. The number of aryl methyl sites for hydroxylation is 1. The Hall–Kier alpha value is -2.66. The number of anilines is 1. The second kappa shape index (κ2) is 7.27. The summed E-state index contributed by atoms with van der Waals surface area (Å²) in [6.07, 6.45) is 1.75. The van der Waals surface area contributed by atoms with Gasteiger partial charge in [0.1, 0.15) is 11.3 Å². The van der Waals surface area contributed by atoms with E-state index in [1.807, 2.05) is 30.3 Å². The van der Waals surface area contributed by atoms with Crippen LogP contribution >= 0.6 is 12.2 Å². The van der Waals surface area contributed by atoms with Crippen LogP contribution in [0.5, 0.6) is 5.75 Å². The third-order valence-electron chi connectivity index (χ3n) is 3.74. The first-order valence-corrected chi connectivity index (χ1v) is 8.10. The number of thiocarbonyl (C=S) groups is 1. The van der Waals surface area contributed by atoms with Gasteiger partial charge >= 0.3 is 0 Å². The monoisotopic (exact) mass is 337 g/mol. The van der Waals surface area contributed by atoms with Crippen molar-refractivity contribution in [3.05, 3.63) is 65.9 Å². The molecule has 0 saturated carbocycles. The van der Waals surface area contributed by atoms with Crippen LogP contribution in [0.1, 0.15) is 11.1 Å². The van der Waals surface area contributed by atoms with Crippen LogP contribution in [0.15, 0.2) is 54.7 Å². The molecule has 5 heteroatoms. The number of rotatable bonds is 4. The minimum atomic E-state index is 0.576. The van der Waals surface area contributed by atoms with Crippen molar-refractivity contribution in [3.63, 3.8) is 0 Å². The number of pyridine rings is 1. The molecule has 24 heavy (non-hydrogen) atoms. The Morgan fingerprint density at radius 2 is 2.04 bits per heavy atom. The molecule has 0 aliphatic carbocycles. The van der Waals surface area contributed by atoms with Gasteiger partial charge in [0.25, 0.3) is 0 Å². The van der Waals surface area contributed by atoms with Gasteiger partial charge in [0.15, 0.2) is 5.11 Å². The highest BCUT2D eigenvalue weighted by molar-refractivity contribution is 7.80. The van der Waals surface area contributed by atoms with Gasteiger partial charge in [-0.25, -0.2) is 0 Å². The molecule has 0 fully saturated rings. The van der Waals surface area contributed by atoms with Gasteiger partial charge in [0.2, 0.25) is 0 Å². The maximum atomic E-state index is 5.42. The van der Waals surface area contributed by atoms with Gasteiger partial charge in [-0.3, -0.25) is 4.98 Å². The average molecular weight is 337 g/mol. The molecule has 4 nitrogen and oxygen atoms in total. The number of fused-ring (bicyclic) bond motifs is 1. The average Bonchev–Trinajstić information content (AvgIpc) is 2.60. The van der Waals surface area contributed by atoms with Crippen molar-refractivity contribution in [2.45, 2.75) is 13.5 Å². The first-order chi connectivity index (χ1) is 11.7. The topological polar surface area (TPSA) is 46.2 Å². The van der Waals surface area contributed by atoms with Crippen LogP contribution in [0, 0.1) is 6.92 Å². The van der Waals surface area contributed by atoms with Crippen LogP contribution in [0.25, 0.3) is 10.9 Å². The molecule has 122 valence electrons. The number of aromatic nitrogens is 1. The molecule has 3 rings (SSSR count). The van der Waals surface area contributed by atoms with E-state index in [9.17, 15) is 0 Å². The molecule has 1 heterocycles. The van der Waals surface area contributed by atoms with Crippen LogP contribution in [-0.2, 0) is 6.54 Å². The van der Waals surface area contributed by atoms with Crippen molar-refractivity contribution < 1.29 is 4.74 Å². The normalized spacial score (nSPS) is 10.4. The van der Waals surface area contributed by atoms with Crippen molar-refractivity contribution in [1.82, 2.24) is 10.3 Å². The summed E-state index contributed by atoms with van der Waals surface area (Å²) < 4.78 is 5.37. The van der Waals surface area contributed by atoms with Gasteiger partial charge in [0.05, 0.1) is 7.11 Å². The lowest BCUT2D eigenvalue weighted by atomic mass is 10.1. The lowest BCUT2D eigenvalue weighted by Crippen LogP contribution is -2.28. The Morgan fingerprint density at radius 3 is 2.83 bits per heavy atom. The molecule has 0 unspecified atom stereocenters. The third-order valence-corrected chi connectivity index (χ3v) is 3.98. The van der Waals surface area contributed by atoms with E-state index in [-0.39, 0.29) is 0 Å². The summed E-state index contributed by atoms with van der Waals surface area (Å²) >= 11 is 5.42. The first-order valence-electron chi connectivity index (χ1n) is 7.69. The van der Waals surface area contributed by atoms with Crippen LogP contribution in [-0.4, -0.2) is 17.2 Å². The number of ether oxygens (including phenoxy) is 1. The van der Waals surface area contributed by atoms with Crippen molar-refractivity contribution >= 4 is 33.9 Å². The molecule has 0 amide bonds. The van der Waals surface area contributed by atoms with Crippen LogP contribution < -0.4 is 15.4 Å². The van der Waals surface area contributed by atoms with E-state index in [0.717, 1.165) is 22.3 Å². The van der Waals surface area contributed by atoms with Crippen molar-refractivity contribution in [2.75, 3.05) is 12.4 Å². The zero-order valence-electron chi connectivity index (χ0n) is 13.7. The fourth-order valence-corrected chi connectivity index (χ4v) is 2.77. The smallest absolute Gasteiger partial charge is 0.171 e. The predicted molar refractivity (Wildman–Crippen MR) is 103 cm³/mol. The predicted octanol–water partition coefficient (Wildman–Crippen LogP) is 4.04. The second-order valence-electron chi connectivity index (χ2n) is 5.51. The molecule has 1 aromatic heterocycles. The molecular formula is C19H19N3OS. The summed E-state index contributed by atoms with van der Waals surface area (Å²) in [5, 5.41) is 8.03. The van der Waals surface area contributed by atoms with Crippen molar-refractivity contribution in [2.24, 2.45) is 0 Å². The third kappa shape index (κ3) is 3.63. The van der Waals surface area contributed by atoms with Crippen LogP contribution in [0.3, 0.4) is 0 Å². The Balaban J connectivity index is 1.74. The SMILES string of the molecule is COc1ccc(NC(=S)NCc2cccc(C)c2)c2cccnc12. The molecule has 2 N–H and O–H groups in total. The number of hydrogen-bond donors (Lipinski definition) is 2. The van der Waals surface area contributed by atoms with Crippen LogP contribution in [0.4, 0.5) is 5.69 Å². The van der Waals surface area contributed by atoms with Gasteiger partial charge < -0.3 is 15.4 Å². The van der Waals surface area contributed by atoms with E-state index >= 15 is 0 Å². The molecule has 0 aliphatic heterocycles. The summed E-state index contributed by atoms with van der Waals surface area (Å²) in [5.74, 6) is 0.745. The van der Waals surface area contributed by atoms with Gasteiger partial charge in [0, 0.05) is 23.8 Å². The Bertz CT molecular complexity index is 879. The largest absolute Gasteiger partial charge is 0.494 e. The van der Waals surface area contributed by atoms with Crippen molar-refractivity contribution in [1.29, 1.82) is 0 Å². The van der Waals surface area contributed by atoms with E-state index in [2.05, 4.69) is 40.7 Å². The van der Waals surface area contributed by atoms with Gasteiger partial charge in [-0.15, -0.1) is 0 Å². The maximum absolute atomic E-state index is 5.42. The molecule has 2 aromatic carbocycles. The summed E-state index contributed by atoms with van der Waals surface area (Å²) in [4.78, 5) is 4.39. The molecule has 3 aromatic rings. The quantitative estimate of drug-likeness (QED) is 0.704. The lowest BCUT2D eigenvalue weighted by molar-refractivity contribution is 0.419. The molecule has 0 spiro atoms. The standard InChI is InChI=1S/C19H19N3OS/c1-13-5-3-6-14(11-13)12-21-19(24)22-16-8-9-17(23-2)18-15(16)7-4-10-20-18/h3-11H,12H2,1-2H3,(H2,21,22,24). The summed E-state index contributed by atoms with van der Waals surface area (Å²) in [7, 11) is 1.64. The Kier molecular flexibility index (Phi) is 4.91. The summed E-state index contributed by atoms with van der Waals surface area (Å²) in [6.45, 7) is 2.76. The molecule has 0 saturated heterocycles. The van der Waals surface area contributed by atoms with E-state index in [1.165, 1.54) is 11.1 Å². The zero-order valence-corrected chi connectivity index (χ0v) is 14.5. The minimum Gasteiger partial charge on any atom is -0.494 e. The van der Waals surface area contributed by atoms with Gasteiger partial charge in [-0.1, -0.05) is 29.8 Å². The Labute approximate surface area is 146 Å². The van der Waals surface area contributed by atoms with Gasteiger partial charge in [-0.2, -0.15) is 0 Å². The lowest BCUT2D eigenvalue weighted by Gasteiger charge is -2.14. The highest BCUT2D eigenvalue weighted by Gasteiger charge is 2.08. The van der Waals surface area contributed by atoms with E-state index in [0.29, 0.717) is 11.7 Å². The first kappa shape index (κ1) is 16.2. The summed E-state index contributed by atoms with van der Waals surface area (Å²) in [5.41, 5.74) is 4.15. The molecular weight excluding hydrogens is 318 g/mol. The van der Waals surface area contributed by atoms with Crippen LogP contribution in [0.2, 0.25) is 0 Å². The highest BCUT2D eigenvalue weighted by Crippen LogP contribution is 2.29. The number of hydrogen-bond acceptors (Lipinski definition) is 3. The number of benzene rings is 2. The maximum Gasteiger partial charge on any atom is 0.171 e. The fourth-order valence-electron chi connectivity index (χ4n) is 2.59. The van der Waals surface area contributed by atoms with E-state index in [1.54, 1.807) is 13.3 Å². The minimum absolute atomic E-state index is 0.576. The number of methoxy groups -OCH3 is 1. The van der Waals surface area contributed by atoms with Gasteiger partial charge in [-0.05, 0) is 49.0 Å². The van der Waals surface area contributed by atoms with E-state index in [4.69, 9.17) is 17.0 Å². The molecule has 0 atom stereocenters.